The summed E-state index contributed by atoms with van der Waals surface area (Å²) in [6, 6.07) is 13.1. The predicted molar refractivity (Wildman–Crippen MR) is 96.0 cm³/mol. The fraction of sp³-hybridized carbons (Fsp3) is 0.400. The van der Waals surface area contributed by atoms with Crippen molar-refractivity contribution in [3.05, 3.63) is 65.5 Å². The van der Waals surface area contributed by atoms with Gasteiger partial charge in [-0.05, 0) is 42.7 Å². The second kappa shape index (κ2) is 7.31. The third-order valence-corrected chi connectivity index (χ3v) is 4.76. The van der Waals surface area contributed by atoms with Gasteiger partial charge in [-0.2, -0.15) is 0 Å². The van der Waals surface area contributed by atoms with Crippen LogP contribution in [0.4, 0.5) is 4.39 Å². The van der Waals surface area contributed by atoms with Gasteiger partial charge < -0.3 is 4.90 Å². The Bertz CT molecular complexity index is 725. The number of amides is 1. The number of benzene rings is 1. The summed E-state index contributed by atoms with van der Waals surface area (Å²) < 4.78 is 15.1. The Hall–Kier alpha value is -2.27. The number of piperidine rings is 1. The number of nitrogens with zero attached hydrogens (tertiary/aromatic N) is 3. The lowest BCUT2D eigenvalue weighted by Crippen LogP contribution is -2.40. The zero-order valence-corrected chi connectivity index (χ0v) is 14.8. The van der Waals surface area contributed by atoms with E-state index in [0.717, 1.165) is 12.1 Å². The Morgan fingerprint density at radius 3 is 2.60 bits per heavy atom. The number of halogens is 1. The molecule has 25 heavy (non-hydrogen) atoms. The molecule has 0 atom stereocenters. The number of likely N-dealkylation sites (tertiary alicyclic amines) is 1. The Kier molecular flexibility index (Phi) is 5.13. The summed E-state index contributed by atoms with van der Waals surface area (Å²) in [5.41, 5.74) is 0.971. The van der Waals surface area contributed by atoms with Crippen LogP contribution in [0.5, 0.6) is 0 Å². The van der Waals surface area contributed by atoms with Crippen molar-refractivity contribution in [2.75, 3.05) is 27.2 Å². The maximum atomic E-state index is 15.1. The standard InChI is InChI=1S/C20H24FN3O/c1-23(2)19(25)17-7-5-6-16(14-17)15-24-12-9-20(21,10-13-24)18-8-3-4-11-22-18/h3-8,11,14H,9-10,12-13,15H2,1-2H3. The maximum Gasteiger partial charge on any atom is 0.253 e. The van der Waals surface area contributed by atoms with E-state index in [1.54, 1.807) is 31.3 Å². The summed E-state index contributed by atoms with van der Waals surface area (Å²) in [7, 11) is 3.50. The van der Waals surface area contributed by atoms with Crippen molar-refractivity contribution in [2.45, 2.75) is 25.1 Å². The highest BCUT2D eigenvalue weighted by Gasteiger charge is 2.37. The molecule has 0 spiro atoms. The molecule has 0 unspecified atom stereocenters. The van der Waals surface area contributed by atoms with Crippen LogP contribution in [-0.4, -0.2) is 47.9 Å². The molecule has 5 heteroatoms. The van der Waals surface area contributed by atoms with Gasteiger partial charge in [0, 0.05) is 45.5 Å². The van der Waals surface area contributed by atoms with Crippen molar-refractivity contribution < 1.29 is 9.18 Å². The normalized spacial score (nSPS) is 17.2. The van der Waals surface area contributed by atoms with Crippen LogP contribution in [0.15, 0.2) is 48.7 Å². The third kappa shape index (κ3) is 4.04. The van der Waals surface area contributed by atoms with Gasteiger partial charge in [0.15, 0.2) is 5.67 Å². The van der Waals surface area contributed by atoms with Gasteiger partial charge in [-0.25, -0.2) is 4.39 Å². The zero-order chi connectivity index (χ0) is 17.9. The van der Waals surface area contributed by atoms with Gasteiger partial charge in [-0.1, -0.05) is 18.2 Å². The van der Waals surface area contributed by atoms with Crippen molar-refractivity contribution in [2.24, 2.45) is 0 Å². The maximum absolute atomic E-state index is 15.1. The van der Waals surface area contributed by atoms with Crippen LogP contribution < -0.4 is 0 Å². The van der Waals surface area contributed by atoms with Crippen LogP contribution in [0.25, 0.3) is 0 Å². The van der Waals surface area contributed by atoms with Gasteiger partial charge in [-0.3, -0.25) is 14.7 Å². The summed E-state index contributed by atoms with van der Waals surface area (Å²) in [5.74, 6) is -0.00146. The summed E-state index contributed by atoms with van der Waals surface area (Å²) in [5, 5.41) is 0. The number of pyridine rings is 1. The van der Waals surface area contributed by atoms with Crippen LogP contribution in [0, 0.1) is 0 Å². The van der Waals surface area contributed by atoms with E-state index in [4.69, 9.17) is 0 Å². The van der Waals surface area contributed by atoms with Crippen molar-refractivity contribution in [3.8, 4) is 0 Å². The first-order chi connectivity index (χ1) is 12.0. The molecule has 0 N–H and O–H groups in total. The Morgan fingerprint density at radius 1 is 1.20 bits per heavy atom. The molecule has 0 aliphatic carbocycles. The van der Waals surface area contributed by atoms with Gasteiger partial charge in [-0.15, -0.1) is 0 Å². The summed E-state index contributed by atoms with van der Waals surface area (Å²) in [4.78, 5) is 20.1. The molecular weight excluding hydrogens is 317 g/mol. The molecule has 1 aromatic carbocycles. The molecule has 0 saturated carbocycles. The van der Waals surface area contributed by atoms with E-state index < -0.39 is 5.67 Å². The molecule has 2 heterocycles. The topological polar surface area (TPSA) is 36.4 Å². The SMILES string of the molecule is CN(C)C(=O)c1cccc(CN2CCC(F)(c3ccccn3)CC2)c1. The Morgan fingerprint density at radius 2 is 1.96 bits per heavy atom. The summed E-state index contributed by atoms with van der Waals surface area (Å²) >= 11 is 0. The molecule has 2 aromatic rings. The molecule has 1 saturated heterocycles. The number of carbonyl (C=O) groups is 1. The minimum absolute atomic E-state index is 0.00146. The van der Waals surface area contributed by atoms with Crippen molar-refractivity contribution in [1.29, 1.82) is 0 Å². The fourth-order valence-electron chi connectivity index (χ4n) is 3.27. The first kappa shape index (κ1) is 17.5. The Balaban J connectivity index is 1.63. The van der Waals surface area contributed by atoms with E-state index in [0.29, 0.717) is 37.2 Å². The molecule has 0 radical (unpaired) electrons. The summed E-state index contributed by atoms with van der Waals surface area (Å²) in [6.45, 7) is 2.09. The minimum atomic E-state index is -1.33. The molecule has 1 amide bonds. The highest BCUT2D eigenvalue weighted by atomic mass is 19.1. The first-order valence-corrected chi connectivity index (χ1v) is 8.61. The van der Waals surface area contributed by atoms with Crippen molar-refractivity contribution in [1.82, 2.24) is 14.8 Å². The van der Waals surface area contributed by atoms with Crippen LogP contribution >= 0.6 is 0 Å². The van der Waals surface area contributed by atoms with Crippen molar-refractivity contribution in [3.63, 3.8) is 0 Å². The van der Waals surface area contributed by atoms with E-state index in [2.05, 4.69) is 9.88 Å². The predicted octanol–water partition coefficient (Wildman–Crippen LogP) is 3.24. The minimum Gasteiger partial charge on any atom is -0.345 e. The number of hydrogen-bond acceptors (Lipinski definition) is 3. The van der Waals surface area contributed by atoms with E-state index in [-0.39, 0.29) is 5.91 Å². The lowest BCUT2D eigenvalue weighted by molar-refractivity contribution is 0.0490. The highest BCUT2D eigenvalue weighted by Crippen LogP contribution is 2.36. The van der Waals surface area contributed by atoms with E-state index in [1.807, 2.05) is 36.4 Å². The van der Waals surface area contributed by atoms with Crippen LogP contribution in [0.2, 0.25) is 0 Å². The largest absolute Gasteiger partial charge is 0.345 e. The monoisotopic (exact) mass is 341 g/mol. The lowest BCUT2D eigenvalue weighted by Gasteiger charge is -2.36. The number of alkyl halides is 1. The van der Waals surface area contributed by atoms with Crippen LogP contribution in [-0.2, 0) is 12.2 Å². The highest BCUT2D eigenvalue weighted by molar-refractivity contribution is 5.94. The molecule has 4 nitrogen and oxygen atoms in total. The number of carbonyl (C=O) groups excluding carboxylic acids is 1. The van der Waals surface area contributed by atoms with Crippen LogP contribution in [0.1, 0.15) is 34.5 Å². The second-order valence-electron chi connectivity index (χ2n) is 6.86. The Labute approximate surface area is 148 Å². The average molecular weight is 341 g/mol. The third-order valence-electron chi connectivity index (χ3n) is 4.76. The molecular formula is C20H24FN3O. The smallest absolute Gasteiger partial charge is 0.253 e. The van der Waals surface area contributed by atoms with E-state index in [1.165, 1.54) is 0 Å². The molecule has 0 bridgehead atoms. The van der Waals surface area contributed by atoms with Gasteiger partial charge >= 0.3 is 0 Å². The van der Waals surface area contributed by atoms with E-state index in [9.17, 15) is 4.79 Å². The first-order valence-electron chi connectivity index (χ1n) is 8.61. The molecule has 132 valence electrons. The molecule has 1 aliphatic rings. The number of rotatable bonds is 4. The molecule has 1 fully saturated rings. The van der Waals surface area contributed by atoms with Gasteiger partial charge in [0.05, 0.1) is 5.69 Å². The van der Waals surface area contributed by atoms with E-state index >= 15 is 4.39 Å². The van der Waals surface area contributed by atoms with Crippen LogP contribution in [0.3, 0.4) is 0 Å². The number of aromatic nitrogens is 1. The van der Waals surface area contributed by atoms with Gasteiger partial charge in [0.2, 0.25) is 0 Å². The fourth-order valence-corrected chi connectivity index (χ4v) is 3.27. The molecule has 1 aromatic heterocycles. The molecule has 3 rings (SSSR count). The average Bonchev–Trinajstić information content (AvgIpc) is 2.64. The lowest BCUT2D eigenvalue weighted by atomic mass is 9.89. The van der Waals surface area contributed by atoms with Gasteiger partial charge in [0.25, 0.3) is 5.91 Å². The molecule has 1 aliphatic heterocycles. The second-order valence-corrected chi connectivity index (χ2v) is 6.86. The van der Waals surface area contributed by atoms with Gasteiger partial charge in [0.1, 0.15) is 0 Å². The van der Waals surface area contributed by atoms with Crippen molar-refractivity contribution >= 4 is 5.91 Å². The quantitative estimate of drug-likeness (QED) is 0.857. The summed E-state index contributed by atoms with van der Waals surface area (Å²) in [6.07, 6.45) is 2.54. The number of hydrogen-bond donors (Lipinski definition) is 0. The zero-order valence-electron chi connectivity index (χ0n) is 14.8.